The highest BCUT2D eigenvalue weighted by Crippen LogP contribution is 2.38. The van der Waals surface area contributed by atoms with Crippen LogP contribution in [-0.4, -0.2) is 66.2 Å². The van der Waals surface area contributed by atoms with E-state index in [1.54, 1.807) is 17.1 Å². The van der Waals surface area contributed by atoms with E-state index in [2.05, 4.69) is 41.8 Å². The summed E-state index contributed by atoms with van der Waals surface area (Å²) in [7, 11) is 4.41. The van der Waals surface area contributed by atoms with Gasteiger partial charge < -0.3 is 29.4 Å². The summed E-state index contributed by atoms with van der Waals surface area (Å²) >= 11 is 3.30. The summed E-state index contributed by atoms with van der Waals surface area (Å²) in [6.45, 7) is 0.579. The molecule has 2 N–H and O–H groups in total. The maximum atomic E-state index is 12.4. The Kier molecular flexibility index (Phi) is 7.65. The Morgan fingerprint density at radius 2 is 1.72 bits per heavy atom. The van der Waals surface area contributed by atoms with E-state index in [1.165, 1.54) is 33.5 Å². The van der Waals surface area contributed by atoms with E-state index >= 15 is 0 Å². The van der Waals surface area contributed by atoms with Gasteiger partial charge in [0, 0.05) is 24.8 Å². The fraction of sp³-hybridized carbons (Fsp3) is 0.316. The van der Waals surface area contributed by atoms with E-state index < -0.39 is 5.91 Å². The Morgan fingerprint density at radius 1 is 1.06 bits per heavy atom. The Labute approximate surface area is 191 Å². The number of methoxy groups -OCH3 is 3. The van der Waals surface area contributed by atoms with Crippen LogP contribution in [0.1, 0.15) is 26.9 Å². The number of amides is 2. The highest BCUT2D eigenvalue weighted by Gasteiger charge is 2.18. The molecule has 0 bridgehead atoms. The molecule has 0 saturated carbocycles. The molecule has 3 aromatic rings. The van der Waals surface area contributed by atoms with Crippen molar-refractivity contribution in [3.8, 4) is 17.2 Å². The van der Waals surface area contributed by atoms with Crippen molar-refractivity contribution in [1.29, 1.82) is 0 Å². The summed E-state index contributed by atoms with van der Waals surface area (Å²) in [6, 6.07) is 3.07. The van der Waals surface area contributed by atoms with Gasteiger partial charge in [0.05, 0.1) is 32.0 Å². The number of aromatic nitrogens is 4. The molecule has 3 rings (SSSR count). The molecule has 0 atom stereocenters. The van der Waals surface area contributed by atoms with Gasteiger partial charge in [-0.2, -0.15) is 10.1 Å². The molecule has 170 valence electrons. The van der Waals surface area contributed by atoms with Gasteiger partial charge in [-0.25, -0.2) is 0 Å². The number of hydrogen-bond donors (Lipinski definition) is 2. The minimum atomic E-state index is -0.549. The molecule has 0 saturated heterocycles. The van der Waals surface area contributed by atoms with Crippen LogP contribution in [0.15, 0.2) is 33.5 Å². The number of nitrogens with one attached hydrogen (secondary N) is 2. The molecule has 0 aliphatic heterocycles. The number of carbonyl (C=O) groups is 2. The van der Waals surface area contributed by atoms with Crippen LogP contribution >= 0.6 is 15.9 Å². The monoisotopic (exact) mass is 508 g/mol. The van der Waals surface area contributed by atoms with Crippen LogP contribution in [0.5, 0.6) is 17.2 Å². The van der Waals surface area contributed by atoms with E-state index in [9.17, 15) is 9.59 Å². The molecule has 12 nitrogen and oxygen atoms in total. The van der Waals surface area contributed by atoms with Crippen molar-refractivity contribution < 1.29 is 28.3 Å². The topological polar surface area (TPSA) is 143 Å². The molecule has 13 heteroatoms. The number of carbonyl (C=O) groups excluding carboxylic acids is 2. The highest BCUT2D eigenvalue weighted by atomic mass is 79.9. The second-order valence-electron chi connectivity index (χ2n) is 6.30. The average Bonchev–Trinajstić information content (AvgIpc) is 3.44. The van der Waals surface area contributed by atoms with Crippen LogP contribution in [0.4, 0.5) is 0 Å². The lowest BCUT2D eigenvalue weighted by Gasteiger charge is -2.14. The van der Waals surface area contributed by atoms with Crippen molar-refractivity contribution >= 4 is 27.7 Å². The van der Waals surface area contributed by atoms with Crippen LogP contribution < -0.4 is 24.8 Å². The first kappa shape index (κ1) is 23.1. The lowest BCUT2D eigenvalue weighted by molar-refractivity contribution is 0.0898. The first-order chi connectivity index (χ1) is 15.4. The third-order valence-electron chi connectivity index (χ3n) is 4.19. The van der Waals surface area contributed by atoms with Gasteiger partial charge in [-0.15, -0.1) is 0 Å². The number of rotatable bonds is 10. The van der Waals surface area contributed by atoms with E-state index in [1.807, 2.05) is 0 Å². The molecule has 2 amide bonds. The number of halogens is 1. The Morgan fingerprint density at radius 3 is 2.28 bits per heavy atom. The van der Waals surface area contributed by atoms with E-state index in [0.29, 0.717) is 28.6 Å². The minimum absolute atomic E-state index is 0.152. The fourth-order valence-corrected chi connectivity index (χ4v) is 3.05. The summed E-state index contributed by atoms with van der Waals surface area (Å²) in [5, 5.41) is 13.1. The van der Waals surface area contributed by atoms with Gasteiger partial charge >= 0.3 is 11.8 Å². The molecular formula is C19H21BrN6O6. The van der Waals surface area contributed by atoms with E-state index in [-0.39, 0.29) is 31.4 Å². The average molecular weight is 509 g/mol. The molecule has 0 radical (unpaired) electrons. The third-order valence-corrected chi connectivity index (χ3v) is 4.60. The van der Waals surface area contributed by atoms with Gasteiger partial charge in [0.25, 0.3) is 5.91 Å². The van der Waals surface area contributed by atoms with Crippen LogP contribution in [0.2, 0.25) is 0 Å². The van der Waals surface area contributed by atoms with Gasteiger partial charge in [-0.3, -0.25) is 14.3 Å². The summed E-state index contributed by atoms with van der Waals surface area (Å²) in [4.78, 5) is 28.7. The van der Waals surface area contributed by atoms with Gasteiger partial charge in [0.1, 0.15) is 6.54 Å². The molecule has 0 aliphatic rings. The number of ether oxygens (including phenoxy) is 3. The minimum Gasteiger partial charge on any atom is -0.493 e. The first-order valence-electron chi connectivity index (χ1n) is 9.32. The van der Waals surface area contributed by atoms with Crippen molar-refractivity contribution in [1.82, 2.24) is 30.6 Å². The van der Waals surface area contributed by atoms with Crippen molar-refractivity contribution in [3.05, 3.63) is 46.3 Å². The number of benzene rings is 1. The van der Waals surface area contributed by atoms with Gasteiger partial charge in [-0.05, 0) is 28.1 Å². The number of nitrogens with zero attached hydrogens (tertiary/aromatic N) is 4. The zero-order valence-corrected chi connectivity index (χ0v) is 19.1. The van der Waals surface area contributed by atoms with Crippen LogP contribution in [-0.2, 0) is 6.54 Å². The molecule has 1 aromatic carbocycles. The van der Waals surface area contributed by atoms with E-state index in [0.717, 1.165) is 4.47 Å². The normalized spacial score (nSPS) is 10.5. The molecule has 0 fully saturated rings. The van der Waals surface area contributed by atoms with Crippen molar-refractivity contribution in [2.24, 2.45) is 0 Å². The highest BCUT2D eigenvalue weighted by molar-refractivity contribution is 9.10. The van der Waals surface area contributed by atoms with Gasteiger partial charge in [-0.1, -0.05) is 5.16 Å². The summed E-state index contributed by atoms with van der Waals surface area (Å²) in [6.07, 6.45) is 3.37. The molecule has 2 heterocycles. The molecule has 32 heavy (non-hydrogen) atoms. The predicted molar refractivity (Wildman–Crippen MR) is 114 cm³/mol. The lowest BCUT2D eigenvalue weighted by atomic mass is 10.1. The van der Waals surface area contributed by atoms with Crippen molar-refractivity contribution in [2.45, 2.75) is 6.54 Å². The lowest BCUT2D eigenvalue weighted by Crippen LogP contribution is -2.34. The second kappa shape index (κ2) is 10.6. The summed E-state index contributed by atoms with van der Waals surface area (Å²) in [5.74, 6) is 0.317. The maximum absolute atomic E-state index is 12.4. The third kappa shape index (κ3) is 5.55. The fourth-order valence-electron chi connectivity index (χ4n) is 2.72. The van der Waals surface area contributed by atoms with Crippen molar-refractivity contribution in [3.63, 3.8) is 0 Å². The Hall–Kier alpha value is -3.61. The molecule has 0 unspecified atom stereocenters. The first-order valence-corrected chi connectivity index (χ1v) is 10.1. The largest absolute Gasteiger partial charge is 0.493 e. The smallest absolute Gasteiger partial charge is 0.316 e. The Bertz CT molecular complexity index is 1070. The van der Waals surface area contributed by atoms with Crippen LogP contribution in [0.3, 0.4) is 0 Å². The summed E-state index contributed by atoms with van der Waals surface area (Å²) in [5.41, 5.74) is 0.317. The quantitative estimate of drug-likeness (QED) is 0.386. The molecule has 0 spiro atoms. The Balaban J connectivity index is 1.50. The van der Waals surface area contributed by atoms with Crippen molar-refractivity contribution in [2.75, 3.05) is 34.4 Å². The second-order valence-corrected chi connectivity index (χ2v) is 7.21. The molecule has 2 aromatic heterocycles. The molecular weight excluding hydrogens is 488 g/mol. The van der Waals surface area contributed by atoms with Gasteiger partial charge in [0.2, 0.25) is 5.75 Å². The van der Waals surface area contributed by atoms with Crippen LogP contribution in [0.25, 0.3) is 0 Å². The zero-order chi connectivity index (χ0) is 23.1. The SMILES string of the molecule is COc1cc(C(=O)NCCNC(=O)c2nc(Cn3cc(Br)cn3)no2)cc(OC)c1OC. The maximum Gasteiger partial charge on any atom is 0.316 e. The van der Waals surface area contributed by atoms with E-state index in [4.69, 9.17) is 18.7 Å². The zero-order valence-electron chi connectivity index (χ0n) is 17.5. The molecule has 0 aliphatic carbocycles. The standard InChI is InChI=1S/C19H21BrN6O6/c1-29-13-6-11(7-14(30-2)16(13)31-3)17(27)21-4-5-22-18(28)19-24-15(25-32-19)10-26-9-12(20)8-23-26/h6-9H,4-5,10H2,1-3H3,(H,21,27)(H,22,28). The summed E-state index contributed by atoms with van der Waals surface area (Å²) < 4.78 is 23.1. The predicted octanol–water partition coefficient (Wildman–Crippen LogP) is 1.26. The van der Waals surface area contributed by atoms with Gasteiger partial charge in [0.15, 0.2) is 17.3 Å². The number of hydrogen-bond acceptors (Lipinski definition) is 9. The van der Waals surface area contributed by atoms with Crippen LogP contribution in [0, 0.1) is 0 Å².